The molecule has 22 heavy (non-hydrogen) atoms. The smallest absolute Gasteiger partial charge is 0.307 e. The number of carbonyl (C=O) groups is 2. The molecule has 0 radical (unpaired) electrons. The summed E-state index contributed by atoms with van der Waals surface area (Å²) in [5.41, 5.74) is 2.46. The summed E-state index contributed by atoms with van der Waals surface area (Å²) in [7, 11) is 1.34. The van der Waals surface area contributed by atoms with Crippen LogP contribution in [0.3, 0.4) is 0 Å². The summed E-state index contributed by atoms with van der Waals surface area (Å²) in [6.45, 7) is 1.93. The standard InChI is InChI=1S/C18H19NO3/c1-13-7-6-10-15(11-13)18(21)19-16(12-17(20)22-2)14-8-4-3-5-9-14/h3-11,16H,12H2,1-2H3,(H,19,21). The molecule has 0 fully saturated rings. The van der Waals surface area contributed by atoms with E-state index in [4.69, 9.17) is 4.74 Å². The molecule has 1 amide bonds. The Balaban J connectivity index is 2.19. The van der Waals surface area contributed by atoms with Gasteiger partial charge in [0.2, 0.25) is 0 Å². The van der Waals surface area contributed by atoms with Crippen LogP contribution in [0, 0.1) is 6.92 Å². The molecule has 0 aromatic heterocycles. The van der Waals surface area contributed by atoms with Crippen molar-refractivity contribution in [1.29, 1.82) is 0 Å². The first-order valence-corrected chi connectivity index (χ1v) is 7.09. The van der Waals surface area contributed by atoms with Crippen LogP contribution in [-0.4, -0.2) is 19.0 Å². The van der Waals surface area contributed by atoms with Gasteiger partial charge >= 0.3 is 5.97 Å². The lowest BCUT2D eigenvalue weighted by atomic mass is 10.0. The molecular formula is C18H19NO3. The summed E-state index contributed by atoms with van der Waals surface area (Å²) < 4.78 is 4.72. The maximum Gasteiger partial charge on any atom is 0.307 e. The highest BCUT2D eigenvalue weighted by molar-refractivity contribution is 5.94. The van der Waals surface area contributed by atoms with Crippen molar-refractivity contribution in [1.82, 2.24) is 5.32 Å². The number of hydrogen-bond donors (Lipinski definition) is 1. The Bertz CT molecular complexity index is 652. The molecule has 0 saturated heterocycles. The topological polar surface area (TPSA) is 55.4 Å². The fourth-order valence-electron chi connectivity index (χ4n) is 2.22. The van der Waals surface area contributed by atoms with E-state index in [0.717, 1.165) is 11.1 Å². The van der Waals surface area contributed by atoms with Crippen LogP contribution in [0.2, 0.25) is 0 Å². The predicted molar refractivity (Wildman–Crippen MR) is 84.5 cm³/mol. The highest BCUT2D eigenvalue weighted by atomic mass is 16.5. The van der Waals surface area contributed by atoms with E-state index in [1.807, 2.05) is 55.5 Å². The van der Waals surface area contributed by atoms with Crippen molar-refractivity contribution in [2.24, 2.45) is 0 Å². The zero-order valence-electron chi connectivity index (χ0n) is 12.7. The van der Waals surface area contributed by atoms with E-state index in [1.54, 1.807) is 6.07 Å². The SMILES string of the molecule is COC(=O)CC(NC(=O)c1cccc(C)c1)c1ccccc1. The molecule has 1 unspecified atom stereocenters. The van der Waals surface area contributed by atoms with Gasteiger partial charge in [0.1, 0.15) is 0 Å². The van der Waals surface area contributed by atoms with Crippen LogP contribution in [0.25, 0.3) is 0 Å². The molecular weight excluding hydrogens is 278 g/mol. The lowest BCUT2D eigenvalue weighted by Gasteiger charge is -2.18. The van der Waals surface area contributed by atoms with E-state index in [9.17, 15) is 9.59 Å². The summed E-state index contributed by atoms with van der Waals surface area (Å²) in [6.07, 6.45) is 0.0953. The first-order chi connectivity index (χ1) is 10.6. The number of hydrogen-bond acceptors (Lipinski definition) is 3. The van der Waals surface area contributed by atoms with Gasteiger partial charge in [0, 0.05) is 5.56 Å². The zero-order valence-corrected chi connectivity index (χ0v) is 12.7. The molecule has 4 nitrogen and oxygen atoms in total. The van der Waals surface area contributed by atoms with E-state index < -0.39 is 6.04 Å². The van der Waals surface area contributed by atoms with Gasteiger partial charge in [-0.3, -0.25) is 9.59 Å². The Hall–Kier alpha value is -2.62. The first kappa shape index (κ1) is 15.8. The Morgan fingerprint density at radius 2 is 1.82 bits per heavy atom. The average Bonchev–Trinajstić information content (AvgIpc) is 2.54. The molecule has 0 aliphatic heterocycles. The number of ether oxygens (including phenoxy) is 1. The van der Waals surface area contributed by atoms with E-state index in [1.165, 1.54) is 7.11 Å². The second-order valence-electron chi connectivity index (χ2n) is 5.09. The number of nitrogens with one attached hydrogen (secondary N) is 1. The van der Waals surface area contributed by atoms with Gasteiger partial charge in [0.25, 0.3) is 5.91 Å². The molecule has 0 aliphatic rings. The number of amides is 1. The van der Waals surface area contributed by atoms with Crippen molar-refractivity contribution in [3.63, 3.8) is 0 Å². The van der Waals surface area contributed by atoms with Crippen LogP contribution in [0.5, 0.6) is 0 Å². The minimum absolute atomic E-state index is 0.0953. The Morgan fingerprint density at radius 1 is 1.09 bits per heavy atom. The van der Waals surface area contributed by atoms with Crippen molar-refractivity contribution < 1.29 is 14.3 Å². The van der Waals surface area contributed by atoms with Crippen LogP contribution < -0.4 is 5.32 Å². The Labute approximate surface area is 130 Å². The number of rotatable bonds is 5. The summed E-state index contributed by atoms with van der Waals surface area (Å²) in [6, 6.07) is 16.3. The number of carbonyl (C=O) groups excluding carboxylic acids is 2. The van der Waals surface area contributed by atoms with Gasteiger partial charge in [0.05, 0.1) is 19.6 Å². The van der Waals surface area contributed by atoms with Crippen molar-refractivity contribution in [3.05, 3.63) is 71.3 Å². The predicted octanol–water partition coefficient (Wildman–Crippen LogP) is 3.03. The zero-order chi connectivity index (χ0) is 15.9. The van der Waals surface area contributed by atoms with E-state index in [-0.39, 0.29) is 18.3 Å². The molecule has 2 rings (SSSR count). The second kappa shape index (κ2) is 7.41. The summed E-state index contributed by atoms with van der Waals surface area (Å²) in [4.78, 5) is 24.0. The minimum atomic E-state index is -0.415. The second-order valence-corrected chi connectivity index (χ2v) is 5.09. The molecule has 0 spiro atoms. The first-order valence-electron chi connectivity index (χ1n) is 7.09. The van der Waals surface area contributed by atoms with Gasteiger partial charge in [-0.25, -0.2) is 0 Å². The van der Waals surface area contributed by atoms with Gasteiger partial charge in [-0.2, -0.15) is 0 Å². The summed E-state index contributed by atoms with van der Waals surface area (Å²) in [5, 5.41) is 2.90. The Kier molecular flexibility index (Phi) is 5.31. The number of esters is 1. The highest BCUT2D eigenvalue weighted by Crippen LogP contribution is 2.18. The third kappa shape index (κ3) is 4.19. The molecule has 0 aliphatic carbocycles. The van der Waals surface area contributed by atoms with E-state index >= 15 is 0 Å². The summed E-state index contributed by atoms with van der Waals surface area (Å²) >= 11 is 0. The normalized spacial score (nSPS) is 11.5. The molecule has 1 atom stereocenters. The quantitative estimate of drug-likeness (QED) is 0.863. The van der Waals surface area contributed by atoms with Crippen LogP contribution >= 0.6 is 0 Å². The van der Waals surface area contributed by atoms with Gasteiger partial charge < -0.3 is 10.1 Å². The van der Waals surface area contributed by atoms with Crippen LogP contribution in [0.4, 0.5) is 0 Å². The third-order valence-corrected chi connectivity index (χ3v) is 3.39. The monoisotopic (exact) mass is 297 g/mol. The van der Waals surface area contributed by atoms with Gasteiger partial charge in [-0.05, 0) is 24.6 Å². The van der Waals surface area contributed by atoms with Crippen molar-refractivity contribution in [3.8, 4) is 0 Å². The third-order valence-electron chi connectivity index (χ3n) is 3.39. The molecule has 0 saturated carbocycles. The Morgan fingerprint density at radius 3 is 2.45 bits per heavy atom. The van der Waals surface area contributed by atoms with Crippen LogP contribution in [-0.2, 0) is 9.53 Å². The van der Waals surface area contributed by atoms with Crippen molar-refractivity contribution in [2.75, 3.05) is 7.11 Å². The fraction of sp³-hybridized carbons (Fsp3) is 0.222. The lowest BCUT2D eigenvalue weighted by Crippen LogP contribution is -2.30. The van der Waals surface area contributed by atoms with Gasteiger partial charge in [-0.1, -0.05) is 48.0 Å². The van der Waals surface area contributed by atoms with E-state index in [2.05, 4.69) is 5.32 Å². The minimum Gasteiger partial charge on any atom is -0.469 e. The van der Waals surface area contributed by atoms with Crippen molar-refractivity contribution >= 4 is 11.9 Å². The number of aryl methyl sites for hydroxylation is 1. The molecule has 1 N–H and O–H groups in total. The molecule has 0 bridgehead atoms. The molecule has 2 aromatic carbocycles. The molecule has 114 valence electrons. The maximum absolute atomic E-state index is 12.4. The van der Waals surface area contributed by atoms with Gasteiger partial charge in [0.15, 0.2) is 0 Å². The molecule has 2 aromatic rings. The summed E-state index contributed by atoms with van der Waals surface area (Å²) in [5.74, 6) is -0.570. The molecule has 4 heteroatoms. The fourth-order valence-corrected chi connectivity index (χ4v) is 2.22. The number of methoxy groups -OCH3 is 1. The largest absolute Gasteiger partial charge is 0.469 e. The average molecular weight is 297 g/mol. The van der Waals surface area contributed by atoms with Crippen LogP contribution in [0.15, 0.2) is 54.6 Å². The van der Waals surface area contributed by atoms with Gasteiger partial charge in [-0.15, -0.1) is 0 Å². The molecule has 0 heterocycles. The highest BCUT2D eigenvalue weighted by Gasteiger charge is 2.19. The van der Waals surface area contributed by atoms with Crippen molar-refractivity contribution in [2.45, 2.75) is 19.4 Å². The van der Waals surface area contributed by atoms with E-state index in [0.29, 0.717) is 5.56 Å². The lowest BCUT2D eigenvalue weighted by molar-refractivity contribution is -0.141. The number of benzene rings is 2. The van der Waals surface area contributed by atoms with Crippen LogP contribution in [0.1, 0.15) is 33.9 Å². The maximum atomic E-state index is 12.4.